The molecule has 2 rings (SSSR count). The summed E-state index contributed by atoms with van der Waals surface area (Å²) < 4.78 is 19.2. The third-order valence-electron chi connectivity index (χ3n) is 2.50. The lowest BCUT2D eigenvalue weighted by molar-refractivity contribution is 0.0949. The Labute approximate surface area is 121 Å². The summed E-state index contributed by atoms with van der Waals surface area (Å²) in [7, 11) is 0. The van der Waals surface area contributed by atoms with Crippen LogP contribution in [0.5, 0.6) is 0 Å². The Hall–Kier alpha value is -1.64. The molecule has 0 bridgehead atoms. The van der Waals surface area contributed by atoms with Crippen LogP contribution >= 0.6 is 27.5 Å². The predicted octanol–water partition coefficient (Wildman–Crippen LogP) is 4.32. The molecule has 0 N–H and O–H groups in total. The molecule has 2 aromatic rings. The highest BCUT2D eigenvalue weighted by molar-refractivity contribution is 9.10. The van der Waals surface area contributed by atoms with Crippen molar-refractivity contribution < 1.29 is 13.6 Å². The Bertz CT molecular complexity index is 657. The van der Waals surface area contributed by atoms with Gasteiger partial charge in [-0.05, 0) is 40.2 Å². The molecular formula is C13H6BrClFNO2. The topological polar surface area (TPSA) is 54.0 Å². The molecule has 0 spiro atoms. The van der Waals surface area contributed by atoms with E-state index < -0.39 is 17.5 Å². The van der Waals surface area contributed by atoms with E-state index in [1.807, 2.05) is 0 Å². The van der Waals surface area contributed by atoms with E-state index in [9.17, 15) is 9.18 Å². The fraction of sp³-hybridized carbons (Fsp3) is 0.0769. The van der Waals surface area contributed by atoms with Crippen molar-refractivity contribution >= 4 is 33.3 Å². The number of carbonyl (C=O) groups excluding carboxylic acids is 1. The summed E-state index contributed by atoms with van der Waals surface area (Å²) in [6.07, 6.45) is 0. The minimum absolute atomic E-state index is 0.0299. The summed E-state index contributed by atoms with van der Waals surface area (Å²) in [6.45, 7) is 0. The monoisotopic (exact) mass is 341 g/mol. The van der Waals surface area contributed by atoms with E-state index >= 15 is 0 Å². The van der Waals surface area contributed by atoms with Crippen LogP contribution in [0.25, 0.3) is 0 Å². The van der Waals surface area contributed by atoms with Crippen LogP contribution in [-0.2, 0) is 0 Å². The maximum Gasteiger partial charge on any atom is 0.219 e. The SMILES string of the molecule is N#CC(C(=O)c1ccc(Br)o1)c1c(F)cccc1Cl. The average Bonchev–Trinajstić information content (AvgIpc) is 2.80. The molecule has 3 nitrogen and oxygen atoms in total. The molecule has 1 aromatic carbocycles. The zero-order valence-electron chi connectivity index (χ0n) is 9.36. The molecule has 0 saturated heterocycles. The van der Waals surface area contributed by atoms with Crippen LogP contribution in [0.3, 0.4) is 0 Å². The molecule has 1 unspecified atom stereocenters. The lowest BCUT2D eigenvalue weighted by atomic mass is 9.94. The fourth-order valence-electron chi connectivity index (χ4n) is 1.63. The lowest BCUT2D eigenvalue weighted by Gasteiger charge is -2.09. The molecular weight excluding hydrogens is 337 g/mol. The molecule has 0 aliphatic rings. The molecule has 1 atom stereocenters. The van der Waals surface area contributed by atoms with Crippen LogP contribution in [-0.4, -0.2) is 5.78 Å². The Balaban J connectivity index is 2.47. The highest BCUT2D eigenvalue weighted by Crippen LogP contribution is 2.30. The molecule has 6 heteroatoms. The van der Waals surface area contributed by atoms with E-state index in [0.29, 0.717) is 4.67 Å². The third kappa shape index (κ3) is 2.70. The summed E-state index contributed by atoms with van der Waals surface area (Å²) in [5.41, 5.74) is -0.135. The van der Waals surface area contributed by atoms with Gasteiger partial charge in [-0.2, -0.15) is 5.26 Å². The second-order valence-electron chi connectivity index (χ2n) is 3.67. The van der Waals surface area contributed by atoms with E-state index in [4.69, 9.17) is 21.3 Å². The van der Waals surface area contributed by atoms with Gasteiger partial charge in [-0.15, -0.1) is 0 Å². The second kappa shape index (κ2) is 5.55. The number of nitrogens with zero attached hydrogens (tertiary/aromatic N) is 1. The summed E-state index contributed by atoms with van der Waals surface area (Å²) in [6, 6.07) is 8.67. The van der Waals surface area contributed by atoms with Gasteiger partial charge < -0.3 is 4.42 Å². The largest absolute Gasteiger partial charge is 0.446 e. The minimum Gasteiger partial charge on any atom is -0.446 e. The van der Waals surface area contributed by atoms with Gasteiger partial charge in [0.25, 0.3) is 0 Å². The Kier molecular flexibility index (Phi) is 4.03. The summed E-state index contributed by atoms with van der Waals surface area (Å²) in [5, 5.41) is 9.15. The first-order chi connectivity index (χ1) is 9.04. The van der Waals surface area contributed by atoms with E-state index in [-0.39, 0.29) is 16.3 Å². The Morgan fingerprint density at radius 3 is 2.68 bits per heavy atom. The molecule has 1 heterocycles. The van der Waals surface area contributed by atoms with Gasteiger partial charge in [-0.3, -0.25) is 4.79 Å². The lowest BCUT2D eigenvalue weighted by Crippen LogP contribution is -2.12. The van der Waals surface area contributed by atoms with Crippen LogP contribution in [0.4, 0.5) is 4.39 Å². The summed E-state index contributed by atoms with van der Waals surface area (Å²) in [4.78, 5) is 12.1. The molecule has 0 aliphatic carbocycles. The van der Waals surface area contributed by atoms with Gasteiger partial charge in [0.2, 0.25) is 5.78 Å². The van der Waals surface area contributed by atoms with Crippen molar-refractivity contribution in [2.45, 2.75) is 5.92 Å². The van der Waals surface area contributed by atoms with Crippen LogP contribution in [0.2, 0.25) is 5.02 Å². The van der Waals surface area contributed by atoms with E-state index in [2.05, 4.69) is 15.9 Å². The maximum atomic E-state index is 13.7. The first-order valence-corrected chi connectivity index (χ1v) is 6.34. The first kappa shape index (κ1) is 13.8. The van der Waals surface area contributed by atoms with Crippen molar-refractivity contribution in [2.24, 2.45) is 0 Å². The smallest absolute Gasteiger partial charge is 0.219 e. The number of Topliss-reactive ketones (excluding diaryl/α,β-unsaturated/α-hetero) is 1. The van der Waals surface area contributed by atoms with Gasteiger partial charge in [0.05, 0.1) is 6.07 Å². The zero-order chi connectivity index (χ0) is 14.0. The fourth-order valence-corrected chi connectivity index (χ4v) is 2.21. The number of hydrogen-bond acceptors (Lipinski definition) is 3. The highest BCUT2D eigenvalue weighted by atomic mass is 79.9. The van der Waals surface area contributed by atoms with Gasteiger partial charge in [-0.25, -0.2) is 4.39 Å². The van der Waals surface area contributed by atoms with Crippen LogP contribution in [0, 0.1) is 17.1 Å². The standard InChI is InChI=1S/C13H6BrClFNO2/c14-11-5-4-10(19-11)13(18)7(6-17)12-8(15)2-1-3-9(12)16/h1-5,7H. The number of hydrogen-bond donors (Lipinski definition) is 0. The van der Waals surface area contributed by atoms with E-state index in [0.717, 1.165) is 6.07 Å². The van der Waals surface area contributed by atoms with Gasteiger partial charge in [0.15, 0.2) is 10.4 Å². The van der Waals surface area contributed by atoms with Crippen molar-refractivity contribution in [1.82, 2.24) is 0 Å². The number of rotatable bonds is 3. The Morgan fingerprint density at radius 1 is 1.42 bits per heavy atom. The summed E-state index contributed by atoms with van der Waals surface area (Å²) >= 11 is 8.91. The maximum absolute atomic E-state index is 13.7. The van der Waals surface area contributed by atoms with Crippen LogP contribution < -0.4 is 0 Å². The van der Waals surface area contributed by atoms with Gasteiger partial charge in [-0.1, -0.05) is 17.7 Å². The highest BCUT2D eigenvalue weighted by Gasteiger charge is 2.29. The molecule has 19 heavy (non-hydrogen) atoms. The number of benzene rings is 1. The number of ketones is 1. The van der Waals surface area contributed by atoms with Gasteiger partial charge >= 0.3 is 0 Å². The van der Waals surface area contributed by atoms with Crippen LogP contribution in [0.15, 0.2) is 39.4 Å². The van der Waals surface area contributed by atoms with Crippen molar-refractivity contribution in [1.29, 1.82) is 5.26 Å². The number of furan rings is 1. The summed E-state index contributed by atoms with van der Waals surface area (Å²) in [5.74, 6) is -2.71. The average molecular weight is 343 g/mol. The van der Waals surface area contributed by atoms with Crippen molar-refractivity contribution in [3.63, 3.8) is 0 Å². The normalized spacial score (nSPS) is 11.9. The molecule has 0 aliphatic heterocycles. The Morgan fingerprint density at radius 2 is 2.16 bits per heavy atom. The molecule has 0 saturated carbocycles. The minimum atomic E-state index is -1.34. The van der Waals surface area contributed by atoms with E-state index in [1.165, 1.54) is 24.3 Å². The van der Waals surface area contributed by atoms with Crippen molar-refractivity contribution in [3.05, 3.63) is 57.2 Å². The van der Waals surface area contributed by atoms with Crippen molar-refractivity contribution in [2.75, 3.05) is 0 Å². The number of nitriles is 1. The molecule has 0 radical (unpaired) electrons. The molecule has 0 amide bonds. The molecule has 96 valence electrons. The van der Waals surface area contributed by atoms with Gasteiger partial charge in [0.1, 0.15) is 11.7 Å². The quantitative estimate of drug-likeness (QED) is 0.780. The zero-order valence-corrected chi connectivity index (χ0v) is 11.7. The molecule has 0 fully saturated rings. The third-order valence-corrected chi connectivity index (χ3v) is 3.25. The number of halogens is 3. The van der Waals surface area contributed by atoms with Gasteiger partial charge in [0, 0.05) is 10.6 Å². The predicted molar refractivity (Wildman–Crippen MR) is 70.5 cm³/mol. The molecule has 1 aromatic heterocycles. The van der Waals surface area contributed by atoms with Crippen LogP contribution in [0.1, 0.15) is 22.0 Å². The number of carbonyl (C=O) groups is 1. The second-order valence-corrected chi connectivity index (χ2v) is 4.85. The van der Waals surface area contributed by atoms with E-state index in [1.54, 1.807) is 6.07 Å². The van der Waals surface area contributed by atoms with Crippen molar-refractivity contribution in [3.8, 4) is 6.07 Å². The first-order valence-electron chi connectivity index (χ1n) is 5.17.